The Bertz CT molecular complexity index is 758. The van der Waals surface area contributed by atoms with Gasteiger partial charge in [0.2, 0.25) is 0 Å². The van der Waals surface area contributed by atoms with Crippen molar-refractivity contribution in [3.63, 3.8) is 0 Å². The lowest BCUT2D eigenvalue weighted by Crippen LogP contribution is -1.98. The van der Waals surface area contributed by atoms with Gasteiger partial charge in [0.25, 0.3) is 0 Å². The molecule has 98 valence electrons. The highest BCUT2D eigenvalue weighted by Crippen LogP contribution is 2.38. The summed E-state index contributed by atoms with van der Waals surface area (Å²) in [4.78, 5) is 0. The summed E-state index contributed by atoms with van der Waals surface area (Å²) in [6, 6.07) is 6.37. The van der Waals surface area contributed by atoms with Crippen molar-refractivity contribution in [2.24, 2.45) is 14.1 Å². The van der Waals surface area contributed by atoms with Crippen molar-refractivity contribution in [3.05, 3.63) is 35.7 Å². The van der Waals surface area contributed by atoms with Crippen LogP contribution in [0.1, 0.15) is 11.3 Å². The summed E-state index contributed by atoms with van der Waals surface area (Å²) in [5.41, 5.74) is 12.7. The lowest BCUT2D eigenvalue weighted by molar-refractivity contribution is 0.774. The Morgan fingerprint density at radius 3 is 2.53 bits per heavy atom. The van der Waals surface area contributed by atoms with Gasteiger partial charge >= 0.3 is 0 Å². The molecule has 2 N–H and O–H groups in total. The summed E-state index contributed by atoms with van der Waals surface area (Å²) < 4.78 is 4.06. The number of fused-ring (bicyclic) bond motifs is 1. The number of nitrogens with zero attached hydrogens (tertiary/aromatic N) is 3. The fourth-order valence-corrected chi connectivity index (χ4v) is 2.84. The van der Waals surface area contributed by atoms with E-state index in [9.17, 15) is 0 Å². The Hall–Kier alpha value is -2.23. The van der Waals surface area contributed by atoms with Crippen LogP contribution in [0.2, 0.25) is 0 Å². The molecule has 0 atom stereocenters. The van der Waals surface area contributed by atoms with E-state index in [0.717, 1.165) is 11.4 Å². The summed E-state index contributed by atoms with van der Waals surface area (Å²) in [6.45, 7) is 4.26. The van der Waals surface area contributed by atoms with Crippen LogP contribution >= 0.6 is 0 Å². The number of nitrogens with two attached hydrogens (primary N) is 1. The van der Waals surface area contributed by atoms with Crippen LogP contribution in [0.3, 0.4) is 0 Å². The van der Waals surface area contributed by atoms with E-state index in [1.807, 2.05) is 11.7 Å². The van der Waals surface area contributed by atoms with Crippen LogP contribution < -0.4 is 5.73 Å². The highest BCUT2D eigenvalue weighted by molar-refractivity contribution is 6.01. The van der Waals surface area contributed by atoms with Gasteiger partial charge in [-0.15, -0.1) is 0 Å². The van der Waals surface area contributed by atoms with Crippen LogP contribution in [0.25, 0.3) is 22.2 Å². The van der Waals surface area contributed by atoms with Crippen molar-refractivity contribution in [3.8, 4) is 11.3 Å². The van der Waals surface area contributed by atoms with E-state index in [2.05, 4.69) is 48.8 Å². The van der Waals surface area contributed by atoms with Gasteiger partial charge in [0.15, 0.2) is 0 Å². The molecule has 0 amide bonds. The van der Waals surface area contributed by atoms with Crippen molar-refractivity contribution in [2.45, 2.75) is 13.8 Å². The van der Waals surface area contributed by atoms with Gasteiger partial charge in [-0.1, -0.05) is 12.1 Å². The Morgan fingerprint density at radius 2 is 1.89 bits per heavy atom. The Kier molecular flexibility index (Phi) is 2.42. The molecule has 3 rings (SSSR count). The number of nitrogen functional groups attached to an aromatic ring is 1. The second-order valence-corrected chi connectivity index (χ2v) is 5.06. The molecule has 0 spiro atoms. The molecule has 4 nitrogen and oxygen atoms in total. The van der Waals surface area contributed by atoms with Crippen LogP contribution in [-0.4, -0.2) is 14.3 Å². The largest absolute Gasteiger partial charge is 0.396 e. The van der Waals surface area contributed by atoms with Gasteiger partial charge in [-0.25, -0.2) is 0 Å². The number of rotatable bonds is 1. The molecule has 0 saturated carbocycles. The third kappa shape index (κ3) is 1.49. The monoisotopic (exact) mass is 254 g/mol. The average molecular weight is 254 g/mol. The number of aryl methyl sites for hydroxylation is 3. The predicted molar refractivity (Wildman–Crippen MR) is 79.0 cm³/mol. The van der Waals surface area contributed by atoms with E-state index in [4.69, 9.17) is 5.73 Å². The smallest absolute Gasteiger partial charge is 0.0933 e. The summed E-state index contributed by atoms with van der Waals surface area (Å²) in [6.07, 6.45) is 1.71. The van der Waals surface area contributed by atoms with Gasteiger partial charge in [0, 0.05) is 36.3 Å². The topological polar surface area (TPSA) is 48.8 Å². The standard InChI is InChI=1S/C15H18N4/c1-9-6-5-7-12-13(9)14(10(2)18(12)3)15-11(16)8-17-19(15)4/h5-8H,16H2,1-4H3. The van der Waals surface area contributed by atoms with E-state index in [-0.39, 0.29) is 0 Å². The molecule has 0 radical (unpaired) electrons. The number of anilines is 1. The zero-order valence-electron chi connectivity index (χ0n) is 11.7. The van der Waals surface area contributed by atoms with Gasteiger partial charge in [-0.3, -0.25) is 4.68 Å². The molecule has 0 fully saturated rings. The second-order valence-electron chi connectivity index (χ2n) is 5.06. The molecule has 0 saturated heterocycles. The minimum absolute atomic E-state index is 0.723. The average Bonchev–Trinajstić information content (AvgIpc) is 2.82. The summed E-state index contributed by atoms with van der Waals surface area (Å²) in [5, 5.41) is 5.52. The van der Waals surface area contributed by atoms with Crippen molar-refractivity contribution >= 4 is 16.6 Å². The second kappa shape index (κ2) is 3.88. The van der Waals surface area contributed by atoms with E-state index >= 15 is 0 Å². The van der Waals surface area contributed by atoms with Gasteiger partial charge in [-0.05, 0) is 25.5 Å². The zero-order chi connectivity index (χ0) is 13.7. The van der Waals surface area contributed by atoms with E-state index in [1.165, 1.54) is 27.7 Å². The molecule has 2 aromatic heterocycles. The van der Waals surface area contributed by atoms with Crippen LogP contribution in [-0.2, 0) is 14.1 Å². The Balaban J connectivity index is 2.52. The van der Waals surface area contributed by atoms with E-state index < -0.39 is 0 Å². The van der Waals surface area contributed by atoms with Gasteiger partial charge in [0.05, 0.1) is 17.6 Å². The molecule has 0 unspecified atom stereocenters. The molecule has 0 bridgehead atoms. The van der Waals surface area contributed by atoms with Crippen LogP contribution in [0.15, 0.2) is 24.4 Å². The molecular formula is C15H18N4. The first kappa shape index (κ1) is 11.8. The van der Waals surface area contributed by atoms with Crippen LogP contribution in [0.5, 0.6) is 0 Å². The maximum absolute atomic E-state index is 6.10. The van der Waals surface area contributed by atoms with Crippen LogP contribution in [0.4, 0.5) is 5.69 Å². The molecule has 0 aliphatic rings. The van der Waals surface area contributed by atoms with E-state index in [0.29, 0.717) is 0 Å². The van der Waals surface area contributed by atoms with Crippen LogP contribution in [0, 0.1) is 13.8 Å². The van der Waals surface area contributed by atoms with Crippen molar-refractivity contribution in [1.29, 1.82) is 0 Å². The highest BCUT2D eigenvalue weighted by Gasteiger charge is 2.19. The normalized spacial score (nSPS) is 11.4. The van der Waals surface area contributed by atoms with Crippen molar-refractivity contribution in [2.75, 3.05) is 5.73 Å². The molecule has 19 heavy (non-hydrogen) atoms. The number of hydrogen-bond acceptors (Lipinski definition) is 2. The summed E-state index contributed by atoms with van der Waals surface area (Å²) >= 11 is 0. The van der Waals surface area contributed by atoms with Gasteiger partial charge in [0.1, 0.15) is 0 Å². The Labute approximate surface area is 112 Å². The van der Waals surface area contributed by atoms with E-state index in [1.54, 1.807) is 6.20 Å². The molecule has 2 heterocycles. The predicted octanol–water partition coefficient (Wildman–Crippen LogP) is 2.78. The first-order valence-electron chi connectivity index (χ1n) is 6.34. The quantitative estimate of drug-likeness (QED) is 0.726. The zero-order valence-corrected chi connectivity index (χ0v) is 11.7. The highest BCUT2D eigenvalue weighted by atomic mass is 15.3. The molecule has 1 aromatic carbocycles. The lowest BCUT2D eigenvalue weighted by atomic mass is 10.0. The maximum Gasteiger partial charge on any atom is 0.0933 e. The fraction of sp³-hybridized carbons (Fsp3) is 0.267. The van der Waals surface area contributed by atoms with Crippen molar-refractivity contribution in [1.82, 2.24) is 14.3 Å². The van der Waals surface area contributed by atoms with Gasteiger partial charge < -0.3 is 10.3 Å². The fourth-order valence-electron chi connectivity index (χ4n) is 2.84. The molecule has 0 aliphatic heterocycles. The summed E-state index contributed by atoms with van der Waals surface area (Å²) in [7, 11) is 4.02. The molecule has 4 heteroatoms. The SMILES string of the molecule is Cc1cccc2c1c(-c1c(N)cnn1C)c(C)n2C. The first-order chi connectivity index (χ1) is 9.02. The van der Waals surface area contributed by atoms with Gasteiger partial charge in [-0.2, -0.15) is 5.10 Å². The summed E-state index contributed by atoms with van der Waals surface area (Å²) in [5.74, 6) is 0. The number of hydrogen-bond donors (Lipinski definition) is 1. The van der Waals surface area contributed by atoms with Crippen molar-refractivity contribution < 1.29 is 0 Å². The first-order valence-corrected chi connectivity index (χ1v) is 6.34. The third-order valence-corrected chi connectivity index (χ3v) is 3.93. The number of benzene rings is 1. The minimum Gasteiger partial charge on any atom is -0.396 e. The lowest BCUT2D eigenvalue weighted by Gasteiger charge is -2.06. The Morgan fingerprint density at radius 1 is 1.16 bits per heavy atom. The minimum atomic E-state index is 0.723. The number of aromatic nitrogens is 3. The maximum atomic E-state index is 6.10. The molecule has 0 aliphatic carbocycles. The molecular weight excluding hydrogens is 236 g/mol. The molecule has 3 aromatic rings. The third-order valence-electron chi connectivity index (χ3n) is 3.93.